The number of halogens is 1. The van der Waals surface area contributed by atoms with E-state index < -0.39 is 24.1 Å². The van der Waals surface area contributed by atoms with Gasteiger partial charge >= 0.3 is 12.2 Å². The van der Waals surface area contributed by atoms with Crippen LogP contribution in [0, 0.1) is 0 Å². The summed E-state index contributed by atoms with van der Waals surface area (Å²) in [4.78, 5) is 62.5. The van der Waals surface area contributed by atoms with Gasteiger partial charge in [-0.3, -0.25) is 19.7 Å². The minimum Gasteiger partial charge on any atom is -0.434 e. The first kappa shape index (κ1) is 32.5. The van der Waals surface area contributed by atoms with Crippen LogP contribution < -0.4 is 16.0 Å². The van der Waals surface area contributed by atoms with Crippen LogP contribution in [-0.2, 0) is 38.6 Å². The fourth-order valence-electron chi connectivity index (χ4n) is 4.69. The van der Waals surface area contributed by atoms with Crippen molar-refractivity contribution in [3.63, 3.8) is 0 Å². The SMILES string of the molecule is CSSC(C)(C)COC(=O)OCCc1ccc(NC(=O)NCc2ccc3c(c2)CN(C2CCC(=O)NC2=O)C3=O)cc1Cl. The first-order chi connectivity index (χ1) is 20.5. The van der Waals surface area contributed by atoms with Gasteiger partial charge in [0.25, 0.3) is 5.91 Å². The molecule has 0 aliphatic carbocycles. The molecule has 3 N–H and O–H groups in total. The van der Waals surface area contributed by atoms with E-state index in [2.05, 4.69) is 16.0 Å². The summed E-state index contributed by atoms with van der Waals surface area (Å²) in [5, 5.41) is 8.22. The molecular formula is C29H33ClN4O7S2. The third-order valence-electron chi connectivity index (χ3n) is 6.79. The first-order valence-electron chi connectivity index (χ1n) is 13.6. The Kier molecular flexibility index (Phi) is 10.9. The molecule has 2 aliphatic heterocycles. The van der Waals surface area contributed by atoms with E-state index in [9.17, 15) is 24.0 Å². The summed E-state index contributed by atoms with van der Waals surface area (Å²) in [6, 6.07) is 9.19. The second-order valence-corrected chi connectivity index (χ2v) is 14.2. The zero-order valence-corrected chi connectivity index (χ0v) is 26.4. The van der Waals surface area contributed by atoms with Crippen molar-refractivity contribution in [2.24, 2.45) is 0 Å². The largest absolute Gasteiger partial charge is 0.508 e. The van der Waals surface area contributed by atoms with Gasteiger partial charge in [0, 0.05) is 42.2 Å². The molecule has 1 unspecified atom stereocenters. The molecule has 4 rings (SSSR count). The molecule has 11 nitrogen and oxygen atoms in total. The van der Waals surface area contributed by atoms with Gasteiger partial charge in [0.05, 0.1) is 11.4 Å². The van der Waals surface area contributed by atoms with Gasteiger partial charge in [0.15, 0.2) is 0 Å². The number of imide groups is 1. The molecule has 1 fully saturated rings. The van der Waals surface area contributed by atoms with Gasteiger partial charge in [-0.1, -0.05) is 51.4 Å². The number of carbonyl (C=O) groups is 5. The zero-order chi connectivity index (χ0) is 31.1. The van der Waals surface area contributed by atoms with Crippen LogP contribution in [-0.4, -0.2) is 65.1 Å². The summed E-state index contributed by atoms with van der Waals surface area (Å²) in [5.74, 6) is -1.04. The summed E-state index contributed by atoms with van der Waals surface area (Å²) < 4.78 is 10.1. The standard InChI is InChI=1S/C29H33ClN4O7S2/c1-29(2,43-42-3)16-41-28(39)40-11-10-18-5-6-20(13-22(18)30)32-27(38)31-14-17-4-7-21-19(12-17)15-34(26(21)37)23-8-9-24(35)33-25(23)36/h4-7,12-13,23H,8-11,14-16H2,1-3H3,(H2,31,32,38)(H,33,35,36). The number of urea groups is 1. The summed E-state index contributed by atoms with van der Waals surface area (Å²) in [7, 11) is 3.22. The van der Waals surface area contributed by atoms with Gasteiger partial charge in [0.1, 0.15) is 12.6 Å². The Morgan fingerprint density at radius 2 is 1.93 bits per heavy atom. The Morgan fingerprint density at radius 1 is 1.14 bits per heavy atom. The predicted molar refractivity (Wildman–Crippen MR) is 166 cm³/mol. The van der Waals surface area contributed by atoms with Crippen LogP contribution in [0.15, 0.2) is 36.4 Å². The average molecular weight is 649 g/mol. The average Bonchev–Trinajstić information content (AvgIpc) is 3.27. The van der Waals surface area contributed by atoms with E-state index in [0.717, 1.165) is 16.7 Å². The van der Waals surface area contributed by atoms with Crippen LogP contribution in [0.3, 0.4) is 0 Å². The quantitative estimate of drug-likeness (QED) is 0.176. The maximum atomic E-state index is 12.9. The third-order valence-corrected chi connectivity index (χ3v) is 9.73. The van der Waals surface area contributed by atoms with Crippen molar-refractivity contribution in [2.45, 2.75) is 57.0 Å². The molecule has 5 amide bonds. The lowest BCUT2D eigenvalue weighted by atomic mass is 10.0. The van der Waals surface area contributed by atoms with Gasteiger partial charge in [-0.15, -0.1) is 0 Å². The molecule has 0 aromatic heterocycles. The lowest BCUT2D eigenvalue weighted by molar-refractivity contribution is -0.136. The van der Waals surface area contributed by atoms with Gasteiger partial charge in [-0.2, -0.15) is 0 Å². The molecule has 0 saturated carbocycles. The molecule has 0 spiro atoms. The highest BCUT2D eigenvalue weighted by atomic mass is 35.5. The number of piperidine rings is 1. The summed E-state index contributed by atoms with van der Waals surface area (Å²) in [6.45, 7) is 4.75. The van der Waals surface area contributed by atoms with Crippen LogP contribution in [0.5, 0.6) is 0 Å². The number of hydrogen-bond acceptors (Lipinski definition) is 9. The highest BCUT2D eigenvalue weighted by Gasteiger charge is 2.39. The van der Waals surface area contributed by atoms with Crippen LogP contribution in [0.25, 0.3) is 0 Å². The van der Waals surface area contributed by atoms with E-state index in [4.69, 9.17) is 21.1 Å². The predicted octanol–water partition coefficient (Wildman–Crippen LogP) is 4.91. The molecule has 14 heteroatoms. The van der Waals surface area contributed by atoms with Crippen molar-refractivity contribution < 1.29 is 33.4 Å². The summed E-state index contributed by atoms with van der Waals surface area (Å²) >= 11 is 6.39. The van der Waals surface area contributed by atoms with Crippen molar-refractivity contribution in [3.8, 4) is 0 Å². The van der Waals surface area contributed by atoms with Crippen LogP contribution in [0.4, 0.5) is 15.3 Å². The van der Waals surface area contributed by atoms with Crippen molar-refractivity contribution in [1.29, 1.82) is 0 Å². The third kappa shape index (κ3) is 8.80. The Labute approximate surface area is 262 Å². The second-order valence-electron chi connectivity index (χ2n) is 10.7. The molecule has 2 aromatic carbocycles. The van der Waals surface area contributed by atoms with Gasteiger partial charge in [-0.05, 0) is 61.4 Å². The van der Waals surface area contributed by atoms with Gasteiger partial charge < -0.3 is 25.0 Å². The first-order valence-corrected chi connectivity index (χ1v) is 16.5. The molecule has 230 valence electrons. The normalized spacial score (nSPS) is 16.4. The molecule has 2 heterocycles. The molecule has 1 atom stereocenters. The van der Waals surface area contributed by atoms with E-state index in [1.807, 2.05) is 26.2 Å². The molecule has 0 bridgehead atoms. The molecule has 43 heavy (non-hydrogen) atoms. The Bertz CT molecular complexity index is 1420. The van der Waals surface area contributed by atoms with E-state index in [-0.39, 0.29) is 49.3 Å². The van der Waals surface area contributed by atoms with Crippen molar-refractivity contribution in [3.05, 3.63) is 63.7 Å². The maximum Gasteiger partial charge on any atom is 0.508 e. The van der Waals surface area contributed by atoms with Crippen LogP contribution in [0.2, 0.25) is 5.02 Å². The minimum absolute atomic E-state index is 0.0968. The van der Waals surface area contributed by atoms with Gasteiger partial charge in [-0.25, -0.2) is 9.59 Å². The number of hydrogen-bond donors (Lipinski definition) is 3. The summed E-state index contributed by atoms with van der Waals surface area (Å²) in [6.07, 6.45) is 2.09. The molecular weight excluding hydrogens is 616 g/mol. The Morgan fingerprint density at radius 3 is 2.65 bits per heavy atom. The van der Waals surface area contributed by atoms with Gasteiger partial charge in [0.2, 0.25) is 11.8 Å². The van der Waals surface area contributed by atoms with Crippen LogP contribution in [0.1, 0.15) is 53.7 Å². The second kappa shape index (κ2) is 14.4. The fourth-order valence-corrected chi connectivity index (χ4v) is 7.02. The smallest absolute Gasteiger partial charge is 0.434 e. The fraction of sp³-hybridized carbons (Fsp3) is 0.414. The molecule has 2 aromatic rings. The van der Waals surface area contributed by atoms with E-state index in [1.165, 1.54) is 4.90 Å². The maximum absolute atomic E-state index is 12.9. The van der Waals surface area contributed by atoms with E-state index in [1.54, 1.807) is 51.9 Å². The summed E-state index contributed by atoms with van der Waals surface area (Å²) in [5.41, 5.74) is 3.28. The minimum atomic E-state index is -0.734. The number of amides is 5. The Hall–Kier alpha value is -3.42. The monoisotopic (exact) mass is 648 g/mol. The molecule has 2 aliphatic rings. The number of benzene rings is 2. The highest BCUT2D eigenvalue weighted by molar-refractivity contribution is 8.76. The van der Waals surface area contributed by atoms with Crippen molar-refractivity contribution in [2.75, 3.05) is 24.8 Å². The number of fused-ring (bicyclic) bond motifs is 1. The zero-order valence-electron chi connectivity index (χ0n) is 24.0. The molecule has 0 radical (unpaired) electrons. The van der Waals surface area contributed by atoms with Crippen molar-refractivity contribution in [1.82, 2.24) is 15.5 Å². The number of rotatable bonds is 11. The van der Waals surface area contributed by atoms with Crippen molar-refractivity contribution >= 4 is 68.8 Å². The number of nitrogens with one attached hydrogen (secondary N) is 3. The number of anilines is 1. The lowest BCUT2D eigenvalue weighted by Crippen LogP contribution is -2.52. The highest BCUT2D eigenvalue weighted by Crippen LogP contribution is 2.33. The van der Waals surface area contributed by atoms with E-state index >= 15 is 0 Å². The van der Waals surface area contributed by atoms with E-state index in [0.29, 0.717) is 29.1 Å². The van der Waals surface area contributed by atoms with Crippen LogP contribution >= 0.6 is 33.2 Å². The molecule has 1 saturated heterocycles. The number of ether oxygens (including phenoxy) is 2. The number of nitrogens with zero attached hydrogens (tertiary/aromatic N) is 1. The number of carbonyl (C=O) groups excluding carboxylic acids is 5. The topological polar surface area (TPSA) is 143 Å². The Balaban J connectivity index is 1.22. The lowest BCUT2D eigenvalue weighted by Gasteiger charge is -2.29.